The molecule has 0 fully saturated rings. The van der Waals surface area contributed by atoms with E-state index in [1.54, 1.807) is 0 Å². The van der Waals surface area contributed by atoms with Crippen LogP contribution in [0.4, 0.5) is 0 Å². The minimum absolute atomic E-state index is 0.0840. The predicted molar refractivity (Wildman–Crippen MR) is 229 cm³/mol. The van der Waals surface area contributed by atoms with Crippen molar-refractivity contribution >= 4 is 19.7 Å². The number of carbonyl (C=O) groups excluding carboxylic acids is 2. The SMILES string of the molecule is CCCCC/C=C\C/C=C\CCCCCCCCCCCCCCCC(=O)NCCOP(=O)(O)OCC(O)COC(=O)CCCCCCCCCCCCC. The van der Waals surface area contributed by atoms with E-state index in [4.69, 9.17) is 13.8 Å². The molecule has 2 unspecified atom stereocenters. The van der Waals surface area contributed by atoms with Crippen LogP contribution in [0.25, 0.3) is 0 Å². The van der Waals surface area contributed by atoms with Crippen molar-refractivity contribution in [3.63, 3.8) is 0 Å². The number of phosphoric acid groups is 1. The zero-order valence-corrected chi connectivity index (χ0v) is 36.5. The molecule has 0 saturated carbocycles. The lowest BCUT2D eigenvalue weighted by molar-refractivity contribution is -0.147. The van der Waals surface area contributed by atoms with Gasteiger partial charge in [0.2, 0.25) is 5.91 Å². The fourth-order valence-corrected chi connectivity index (χ4v) is 7.17. The maximum atomic E-state index is 12.1. The van der Waals surface area contributed by atoms with Gasteiger partial charge in [0.25, 0.3) is 0 Å². The molecule has 0 saturated heterocycles. The Morgan fingerprint density at radius 2 is 0.982 bits per heavy atom. The number of aliphatic hydroxyl groups is 1. The number of carbonyl (C=O) groups is 2. The molecule has 1 amide bonds. The zero-order valence-electron chi connectivity index (χ0n) is 35.6. The molecular weight excluding hydrogens is 713 g/mol. The average Bonchev–Trinajstić information content (AvgIpc) is 3.17. The third kappa shape index (κ3) is 43.5. The topological polar surface area (TPSA) is 131 Å². The first kappa shape index (κ1) is 53.5. The summed E-state index contributed by atoms with van der Waals surface area (Å²) in [5, 5.41) is 12.7. The van der Waals surface area contributed by atoms with Crippen LogP contribution in [-0.2, 0) is 27.9 Å². The largest absolute Gasteiger partial charge is 0.472 e. The number of phosphoric ester groups is 1. The van der Waals surface area contributed by atoms with Crippen LogP contribution in [0.5, 0.6) is 0 Å². The van der Waals surface area contributed by atoms with Crippen molar-refractivity contribution in [2.24, 2.45) is 0 Å². The van der Waals surface area contributed by atoms with E-state index in [1.807, 2.05) is 0 Å². The van der Waals surface area contributed by atoms with Crippen LogP contribution in [0.15, 0.2) is 24.3 Å². The first-order valence-electron chi connectivity index (χ1n) is 22.8. The summed E-state index contributed by atoms with van der Waals surface area (Å²) in [7, 11) is -4.41. The van der Waals surface area contributed by atoms with Crippen LogP contribution in [0.3, 0.4) is 0 Å². The van der Waals surface area contributed by atoms with E-state index in [9.17, 15) is 24.2 Å². The molecular formula is C45H86NO8P. The van der Waals surface area contributed by atoms with Crippen LogP contribution >= 0.6 is 7.82 Å². The maximum Gasteiger partial charge on any atom is 0.472 e. The number of rotatable bonds is 43. The van der Waals surface area contributed by atoms with Gasteiger partial charge in [-0.3, -0.25) is 18.6 Å². The summed E-state index contributed by atoms with van der Waals surface area (Å²) in [5.41, 5.74) is 0. The van der Waals surface area contributed by atoms with Crippen LogP contribution in [0, 0.1) is 0 Å². The quantitative estimate of drug-likeness (QED) is 0.0240. The summed E-state index contributed by atoms with van der Waals surface area (Å²) < 4.78 is 26.9. The number of hydrogen-bond donors (Lipinski definition) is 3. The number of ether oxygens (including phenoxy) is 1. The normalized spacial score (nSPS) is 13.5. The molecule has 0 aromatic heterocycles. The summed E-state index contributed by atoms with van der Waals surface area (Å²) in [6.45, 7) is 3.54. The molecule has 324 valence electrons. The van der Waals surface area contributed by atoms with E-state index in [-0.39, 0.29) is 32.1 Å². The van der Waals surface area contributed by atoms with Gasteiger partial charge in [0, 0.05) is 19.4 Å². The highest BCUT2D eigenvalue weighted by Crippen LogP contribution is 2.42. The lowest BCUT2D eigenvalue weighted by Gasteiger charge is -2.15. The molecule has 0 aliphatic heterocycles. The molecule has 0 heterocycles. The summed E-state index contributed by atoms with van der Waals surface area (Å²) in [4.78, 5) is 33.9. The van der Waals surface area contributed by atoms with Crippen LogP contribution < -0.4 is 5.32 Å². The van der Waals surface area contributed by atoms with Crippen molar-refractivity contribution < 1.29 is 37.9 Å². The van der Waals surface area contributed by atoms with Crippen LogP contribution in [0.1, 0.15) is 219 Å². The third-order valence-electron chi connectivity index (χ3n) is 9.88. The van der Waals surface area contributed by atoms with Crippen molar-refractivity contribution in [2.75, 3.05) is 26.4 Å². The van der Waals surface area contributed by atoms with Crippen LogP contribution in [0.2, 0.25) is 0 Å². The molecule has 0 aliphatic carbocycles. The summed E-state index contributed by atoms with van der Waals surface area (Å²) in [6, 6.07) is 0. The molecule has 55 heavy (non-hydrogen) atoms. The molecule has 3 N–H and O–H groups in total. The highest BCUT2D eigenvalue weighted by molar-refractivity contribution is 7.47. The molecule has 2 atom stereocenters. The van der Waals surface area contributed by atoms with E-state index in [0.717, 1.165) is 44.9 Å². The highest BCUT2D eigenvalue weighted by Gasteiger charge is 2.23. The van der Waals surface area contributed by atoms with Gasteiger partial charge in [0.15, 0.2) is 0 Å². The molecule has 0 bridgehead atoms. The first-order valence-corrected chi connectivity index (χ1v) is 24.3. The molecule has 0 radical (unpaired) electrons. The molecule has 0 aromatic rings. The van der Waals surface area contributed by atoms with E-state index in [2.05, 4.69) is 43.5 Å². The predicted octanol–water partition coefficient (Wildman–Crippen LogP) is 12.8. The second-order valence-corrected chi connectivity index (χ2v) is 16.8. The second-order valence-electron chi connectivity index (χ2n) is 15.4. The van der Waals surface area contributed by atoms with E-state index in [1.165, 1.54) is 148 Å². The van der Waals surface area contributed by atoms with Crippen molar-refractivity contribution in [1.82, 2.24) is 5.32 Å². The van der Waals surface area contributed by atoms with Gasteiger partial charge in [-0.1, -0.05) is 186 Å². The lowest BCUT2D eigenvalue weighted by Crippen LogP contribution is -2.27. The average molecular weight is 800 g/mol. The Hall–Kier alpha value is -1.51. The first-order chi connectivity index (χ1) is 26.8. The number of amides is 1. The molecule has 0 rings (SSSR count). The Kier molecular flexibility index (Phi) is 40.9. The highest BCUT2D eigenvalue weighted by atomic mass is 31.2. The fourth-order valence-electron chi connectivity index (χ4n) is 6.41. The second kappa shape index (κ2) is 42.1. The van der Waals surface area contributed by atoms with Crippen molar-refractivity contribution in [1.29, 1.82) is 0 Å². The number of hydrogen-bond acceptors (Lipinski definition) is 7. The van der Waals surface area contributed by atoms with Gasteiger partial charge in [-0.15, -0.1) is 0 Å². The molecule has 10 heteroatoms. The van der Waals surface area contributed by atoms with Gasteiger partial charge in [-0.05, 0) is 44.9 Å². The fraction of sp³-hybridized carbons (Fsp3) is 0.867. The zero-order chi connectivity index (χ0) is 40.3. The van der Waals surface area contributed by atoms with Crippen molar-refractivity contribution in [3.05, 3.63) is 24.3 Å². The third-order valence-corrected chi connectivity index (χ3v) is 10.9. The number of allylic oxidation sites excluding steroid dienone is 4. The standard InChI is InChI=1S/C45H86NO8P/c1-3-5-7-9-11-13-15-16-17-18-19-20-21-22-23-24-25-26-28-29-31-33-35-37-44(48)46-39-40-53-55(50,51)54-42-43(47)41-52-45(49)38-36-34-32-30-27-14-12-10-8-6-4-2/h11,13,16-17,43,47H,3-10,12,14-15,18-42H2,1-2H3,(H,46,48)(H,50,51)/b13-11-,17-16-. The summed E-state index contributed by atoms with van der Waals surface area (Å²) in [6.07, 6.45) is 45.4. The number of nitrogens with one attached hydrogen (secondary N) is 1. The Morgan fingerprint density at radius 3 is 1.49 bits per heavy atom. The molecule has 0 aromatic carbocycles. The van der Waals surface area contributed by atoms with Gasteiger partial charge in [-0.25, -0.2) is 4.57 Å². The lowest BCUT2D eigenvalue weighted by atomic mass is 10.0. The number of esters is 1. The Morgan fingerprint density at radius 1 is 0.564 bits per heavy atom. The van der Waals surface area contributed by atoms with Gasteiger partial charge < -0.3 is 20.1 Å². The summed E-state index contributed by atoms with van der Waals surface area (Å²) >= 11 is 0. The Bertz CT molecular complexity index is 959. The van der Waals surface area contributed by atoms with Gasteiger partial charge in [-0.2, -0.15) is 0 Å². The van der Waals surface area contributed by atoms with Gasteiger partial charge in [0.05, 0.1) is 13.2 Å². The summed E-state index contributed by atoms with van der Waals surface area (Å²) in [5.74, 6) is -0.511. The smallest absolute Gasteiger partial charge is 0.463 e. The van der Waals surface area contributed by atoms with Crippen molar-refractivity contribution in [2.45, 2.75) is 225 Å². The monoisotopic (exact) mass is 800 g/mol. The number of aliphatic hydroxyl groups excluding tert-OH is 1. The van der Waals surface area contributed by atoms with Crippen molar-refractivity contribution in [3.8, 4) is 0 Å². The van der Waals surface area contributed by atoms with Crippen LogP contribution in [-0.4, -0.2) is 54.3 Å². The van der Waals surface area contributed by atoms with E-state index < -0.39 is 26.5 Å². The molecule has 0 aliphatic rings. The maximum absolute atomic E-state index is 12.1. The molecule has 0 spiro atoms. The minimum atomic E-state index is -4.41. The Balaban J connectivity index is 3.53. The Labute approximate surface area is 338 Å². The van der Waals surface area contributed by atoms with E-state index >= 15 is 0 Å². The minimum Gasteiger partial charge on any atom is -0.463 e. The molecule has 9 nitrogen and oxygen atoms in total. The van der Waals surface area contributed by atoms with Gasteiger partial charge in [0.1, 0.15) is 12.7 Å². The van der Waals surface area contributed by atoms with Gasteiger partial charge >= 0.3 is 13.8 Å². The number of unbranched alkanes of at least 4 members (excludes halogenated alkanes) is 26. The van der Waals surface area contributed by atoms with E-state index in [0.29, 0.717) is 6.42 Å².